The number of piperidine rings is 1. The highest BCUT2D eigenvalue weighted by Gasteiger charge is 2.44. The molecule has 1 fully saturated rings. The van der Waals surface area contributed by atoms with E-state index in [4.69, 9.17) is 5.53 Å². The van der Waals surface area contributed by atoms with Gasteiger partial charge in [-0.25, -0.2) is 0 Å². The van der Waals surface area contributed by atoms with Gasteiger partial charge in [-0.1, -0.05) is 11.2 Å². The molecule has 0 aromatic heterocycles. The van der Waals surface area contributed by atoms with Crippen LogP contribution in [0.5, 0.6) is 0 Å². The number of fused-ring (bicyclic) bond motifs is 1. The minimum absolute atomic E-state index is 0.0592. The van der Waals surface area contributed by atoms with Crippen LogP contribution in [-0.4, -0.2) is 34.6 Å². The van der Waals surface area contributed by atoms with Crippen LogP contribution in [0, 0.1) is 0 Å². The molecule has 1 unspecified atom stereocenters. The van der Waals surface area contributed by atoms with Gasteiger partial charge in [0.2, 0.25) is 11.8 Å². The third-order valence-corrected chi connectivity index (χ3v) is 3.82. The van der Waals surface area contributed by atoms with E-state index in [1.807, 2.05) is 0 Å². The molecular weight excluding hydrogens is 302 g/mol. The second-order valence-electron chi connectivity index (χ2n) is 5.22. The fourth-order valence-electron chi connectivity index (χ4n) is 2.73. The minimum Gasteiger partial charge on any atom is -0.295 e. The molecule has 1 saturated heterocycles. The van der Waals surface area contributed by atoms with E-state index in [9.17, 15) is 19.2 Å². The number of azide groups is 1. The van der Waals surface area contributed by atoms with Crippen molar-refractivity contribution in [2.45, 2.75) is 25.4 Å². The average Bonchev–Trinajstić information content (AvgIpc) is 2.77. The average molecular weight is 313 g/mol. The van der Waals surface area contributed by atoms with E-state index < -0.39 is 29.7 Å². The summed E-state index contributed by atoms with van der Waals surface area (Å²) >= 11 is 0. The van der Waals surface area contributed by atoms with Gasteiger partial charge in [0.25, 0.3) is 11.8 Å². The Morgan fingerprint density at radius 2 is 1.96 bits per heavy atom. The molecule has 1 atom stereocenters. The zero-order chi connectivity index (χ0) is 16.6. The van der Waals surface area contributed by atoms with Gasteiger partial charge in [-0.2, -0.15) is 0 Å². The second kappa shape index (κ2) is 5.54. The van der Waals surface area contributed by atoms with Crippen molar-refractivity contribution < 1.29 is 19.2 Å². The molecule has 1 aromatic carbocycles. The minimum atomic E-state index is -0.985. The summed E-state index contributed by atoms with van der Waals surface area (Å²) in [6, 6.07) is 3.56. The molecule has 4 amide bonds. The summed E-state index contributed by atoms with van der Waals surface area (Å²) in [6.07, 6.45) is 0.188. The molecule has 0 spiro atoms. The summed E-state index contributed by atoms with van der Waals surface area (Å²) in [5.74, 6) is -2.21. The van der Waals surface area contributed by atoms with Gasteiger partial charge in [-0.15, -0.1) is 0 Å². The van der Waals surface area contributed by atoms with Crippen molar-refractivity contribution in [1.82, 2.24) is 10.2 Å². The summed E-state index contributed by atoms with van der Waals surface area (Å²) in [4.78, 5) is 51.6. The van der Waals surface area contributed by atoms with Crippen LogP contribution in [0.25, 0.3) is 10.4 Å². The van der Waals surface area contributed by atoms with Crippen molar-refractivity contribution in [3.05, 3.63) is 45.3 Å². The van der Waals surface area contributed by atoms with Crippen LogP contribution in [-0.2, 0) is 16.1 Å². The van der Waals surface area contributed by atoms with Gasteiger partial charge in [0.1, 0.15) is 6.04 Å². The van der Waals surface area contributed by atoms with Gasteiger partial charge < -0.3 is 0 Å². The molecule has 3 rings (SSSR count). The Morgan fingerprint density at radius 1 is 1.22 bits per heavy atom. The van der Waals surface area contributed by atoms with E-state index in [-0.39, 0.29) is 30.5 Å². The molecule has 9 nitrogen and oxygen atoms in total. The molecule has 9 heteroatoms. The molecule has 1 aromatic rings. The SMILES string of the molecule is [N-]=[N+]=NCc1ccc2c(c1)C(=O)N(C1CCC(=O)NC1=O)C2=O. The zero-order valence-corrected chi connectivity index (χ0v) is 11.9. The highest BCUT2D eigenvalue weighted by atomic mass is 16.2. The summed E-state index contributed by atoms with van der Waals surface area (Å²) < 4.78 is 0. The van der Waals surface area contributed by atoms with E-state index in [1.165, 1.54) is 12.1 Å². The predicted octanol–water partition coefficient (Wildman–Crippen LogP) is 0.898. The number of rotatable bonds is 3. The van der Waals surface area contributed by atoms with Gasteiger partial charge in [0.05, 0.1) is 17.7 Å². The number of nitrogens with zero attached hydrogens (tertiary/aromatic N) is 4. The molecule has 0 bridgehead atoms. The maximum Gasteiger partial charge on any atom is 0.262 e. The zero-order valence-electron chi connectivity index (χ0n) is 11.9. The van der Waals surface area contributed by atoms with Crippen LogP contribution in [0.4, 0.5) is 0 Å². The smallest absolute Gasteiger partial charge is 0.262 e. The molecule has 2 heterocycles. The lowest BCUT2D eigenvalue weighted by Crippen LogP contribution is -2.54. The van der Waals surface area contributed by atoms with Crippen LogP contribution >= 0.6 is 0 Å². The lowest BCUT2D eigenvalue weighted by Gasteiger charge is -2.27. The van der Waals surface area contributed by atoms with Gasteiger partial charge in [-0.3, -0.25) is 29.4 Å². The van der Waals surface area contributed by atoms with Crippen molar-refractivity contribution in [3.63, 3.8) is 0 Å². The van der Waals surface area contributed by atoms with Crippen molar-refractivity contribution in [2.75, 3.05) is 0 Å². The molecule has 0 aliphatic carbocycles. The summed E-state index contributed by atoms with van der Waals surface area (Å²) in [5, 5.41) is 5.54. The fraction of sp³-hybridized carbons (Fsp3) is 0.286. The van der Waals surface area contributed by atoms with Crippen LogP contribution in [0.2, 0.25) is 0 Å². The quantitative estimate of drug-likeness (QED) is 0.384. The Labute approximate surface area is 129 Å². The number of imide groups is 2. The Bertz CT molecular complexity index is 796. The standard InChI is InChI=1S/C14H11N5O4/c15-18-16-6-7-1-2-8-9(5-7)14(23)19(13(8)22)10-3-4-11(20)17-12(10)21/h1-2,5,10H,3-4,6H2,(H,17,20,21). The maximum atomic E-state index is 12.5. The van der Waals surface area contributed by atoms with Crippen molar-refractivity contribution in [3.8, 4) is 0 Å². The highest BCUT2D eigenvalue weighted by Crippen LogP contribution is 2.28. The maximum absolute atomic E-state index is 12.5. The number of hydrogen-bond acceptors (Lipinski definition) is 5. The predicted molar refractivity (Wildman–Crippen MR) is 76.0 cm³/mol. The van der Waals surface area contributed by atoms with Crippen molar-refractivity contribution in [1.29, 1.82) is 0 Å². The first-order valence-electron chi connectivity index (χ1n) is 6.88. The Morgan fingerprint density at radius 3 is 2.65 bits per heavy atom. The third kappa shape index (κ3) is 2.43. The molecular formula is C14H11N5O4. The third-order valence-electron chi connectivity index (χ3n) is 3.82. The van der Waals surface area contributed by atoms with Gasteiger partial charge in [0, 0.05) is 11.3 Å². The number of nitrogens with one attached hydrogen (secondary N) is 1. The molecule has 2 aliphatic rings. The van der Waals surface area contributed by atoms with E-state index >= 15 is 0 Å². The summed E-state index contributed by atoms with van der Waals surface area (Å²) in [5.41, 5.74) is 9.30. The molecule has 116 valence electrons. The summed E-state index contributed by atoms with van der Waals surface area (Å²) in [7, 11) is 0. The molecule has 0 radical (unpaired) electrons. The van der Waals surface area contributed by atoms with Crippen LogP contribution in [0.15, 0.2) is 23.3 Å². The largest absolute Gasteiger partial charge is 0.295 e. The van der Waals surface area contributed by atoms with Crippen LogP contribution < -0.4 is 5.32 Å². The summed E-state index contributed by atoms with van der Waals surface area (Å²) in [6.45, 7) is 0.0592. The molecule has 2 aliphatic heterocycles. The monoisotopic (exact) mass is 313 g/mol. The van der Waals surface area contributed by atoms with E-state index in [0.717, 1.165) is 4.90 Å². The van der Waals surface area contributed by atoms with Crippen LogP contribution in [0.3, 0.4) is 0 Å². The number of benzene rings is 1. The normalized spacial score (nSPS) is 20.2. The first kappa shape index (κ1) is 14.7. The topological polar surface area (TPSA) is 132 Å². The molecule has 1 N–H and O–H groups in total. The van der Waals surface area contributed by atoms with E-state index in [0.29, 0.717) is 5.56 Å². The number of carbonyl (C=O) groups excluding carboxylic acids is 4. The van der Waals surface area contributed by atoms with E-state index in [1.54, 1.807) is 6.07 Å². The van der Waals surface area contributed by atoms with Gasteiger partial charge in [-0.05, 0) is 29.6 Å². The number of amides is 4. The lowest BCUT2D eigenvalue weighted by atomic mass is 10.0. The number of carbonyl (C=O) groups is 4. The highest BCUT2D eigenvalue weighted by molar-refractivity contribution is 6.23. The first-order chi connectivity index (χ1) is 11.0. The Kier molecular flexibility index (Phi) is 3.55. The van der Waals surface area contributed by atoms with Crippen molar-refractivity contribution >= 4 is 23.6 Å². The van der Waals surface area contributed by atoms with Gasteiger partial charge >= 0.3 is 0 Å². The molecule has 23 heavy (non-hydrogen) atoms. The van der Waals surface area contributed by atoms with Crippen LogP contribution in [0.1, 0.15) is 39.1 Å². The molecule has 0 saturated carbocycles. The van der Waals surface area contributed by atoms with Crippen molar-refractivity contribution in [2.24, 2.45) is 5.11 Å². The number of hydrogen-bond donors (Lipinski definition) is 1. The second-order valence-corrected chi connectivity index (χ2v) is 5.22. The Balaban J connectivity index is 1.92. The fourth-order valence-corrected chi connectivity index (χ4v) is 2.73. The Hall–Kier alpha value is -3.19. The van der Waals surface area contributed by atoms with Gasteiger partial charge in [0.15, 0.2) is 0 Å². The first-order valence-corrected chi connectivity index (χ1v) is 6.88. The lowest BCUT2D eigenvalue weighted by molar-refractivity contribution is -0.136. The van der Waals surface area contributed by atoms with E-state index in [2.05, 4.69) is 15.3 Å².